The number of anilines is 3. The summed E-state index contributed by atoms with van der Waals surface area (Å²) in [4.78, 5) is 16.0. The van der Waals surface area contributed by atoms with E-state index in [1.54, 1.807) is 12.2 Å². The normalized spacial score (nSPS) is 15.4. The highest BCUT2D eigenvalue weighted by Crippen LogP contribution is 2.44. The van der Waals surface area contributed by atoms with Crippen molar-refractivity contribution < 1.29 is 0 Å². The van der Waals surface area contributed by atoms with Crippen LogP contribution in [0.1, 0.15) is 29.9 Å². The number of fused-ring (bicyclic) bond motifs is 3. The van der Waals surface area contributed by atoms with Crippen LogP contribution in [0.5, 0.6) is 0 Å². The minimum absolute atomic E-state index is 0.404. The molecule has 3 N–H and O–H groups in total. The Bertz CT molecular complexity index is 1110. The summed E-state index contributed by atoms with van der Waals surface area (Å²) in [5, 5.41) is 10.2. The van der Waals surface area contributed by atoms with Crippen molar-refractivity contribution in [2.24, 2.45) is 0 Å². The Labute approximate surface area is 207 Å². The highest BCUT2D eigenvalue weighted by atomic mass is 15.3. The van der Waals surface area contributed by atoms with Crippen molar-refractivity contribution in [1.29, 1.82) is 0 Å². The van der Waals surface area contributed by atoms with E-state index in [0.717, 1.165) is 32.5 Å². The van der Waals surface area contributed by atoms with E-state index in [4.69, 9.17) is 0 Å². The number of nitrogens with one attached hydrogen (secondary N) is 3. The fraction of sp³-hybridized carbons (Fsp3) is 0.321. The molecule has 0 saturated carbocycles. The van der Waals surface area contributed by atoms with Crippen molar-refractivity contribution in [3.05, 3.63) is 85.0 Å². The topological polar surface area (TPSA) is 78.0 Å². The Morgan fingerprint density at radius 3 is 1.89 bits per heavy atom. The third kappa shape index (κ3) is 5.05. The summed E-state index contributed by atoms with van der Waals surface area (Å²) in [5.74, 6) is 2.22. The Morgan fingerprint density at radius 1 is 0.800 bits per heavy atom. The average molecular weight is 468 g/mol. The summed E-state index contributed by atoms with van der Waals surface area (Å²) >= 11 is 0. The van der Waals surface area contributed by atoms with E-state index in [1.807, 2.05) is 0 Å². The molecular formula is C28H33N7. The smallest absolute Gasteiger partial charge is 0.231 e. The monoisotopic (exact) mass is 467 g/mol. The third-order valence-electron chi connectivity index (χ3n) is 6.78. The van der Waals surface area contributed by atoms with Crippen molar-refractivity contribution in [1.82, 2.24) is 20.3 Å². The van der Waals surface area contributed by atoms with Gasteiger partial charge in [0.2, 0.25) is 17.8 Å². The average Bonchev–Trinajstić information content (AvgIpc) is 3.23. The Hall–Kier alpha value is -3.71. The summed E-state index contributed by atoms with van der Waals surface area (Å²) in [6, 6.07) is 18.1. The second-order valence-corrected chi connectivity index (χ2v) is 9.02. The highest BCUT2D eigenvalue weighted by Gasteiger charge is 2.29. The van der Waals surface area contributed by atoms with Gasteiger partial charge in [0, 0.05) is 44.7 Å². The largest absolute Gasteiger partial charge is 0.351 e. The molecule has 0 atom stereocenters. The molecule has 0 amide bonds. The number of rotatable bonds is 10. The van der Waals surface area contributed by atoms with Gasteiger partial charge in [-0.3, -0.25) is 0 Å². The zero-order chi connectivity index (χ0) is 24.0. The molecule has 5 rings (SSSR count). The molecule has 0 bridgehead atoms. The van der Waals surface area contributed by atoms with Gasteiger partial charge in [-0.25, -0.2) is 0 Å². The molecule has 0 spiro atoms. The summed E-state index contributed by atoms with van der Waals surface area (Å²) in [5.41, 5.74) is 5.62. The zero-order valence-electron chi connectivity index (χ0n) is 20.1. The first kappa shape index (κ1) is 23.1. The third-order valence-corrected chi connectivity index (χ3v) is 6.78. The van der Waals surface area contributed by atoms with Gasteiger partial charge in [-0.15, -0.1) is 13.2 Å². The van der Waals surface area contributed by atoms with Crippen LogP contribution >= 0.6 is 0 Å². The van der Waals surface area contributed by atoms with E-state index in [0.29, 0.717) is 42.9 Å². The van der Waals surface area contributed by atoms with Gasteiger partial charge in [0.15, 0.2) is 0 Å². The minimum Gasteiger partial charge on any atom is -0.351 e. The molecule has 2 aliphatic rings. The Balaban J connectivity index is 1.22. The predicted molar refractivity (Wildman–Crippen MR) is 144 cm³/mol. The van der Waals surface area contributed by atoms with Crippen LogP contribution in [-0.2, 0) is 0 Å². The van der Waals surface area contributed by atoms with Crippen LogP contribution < -0.4 is 20.9 Å². The summed E-state index contributed by atoms with van der Waals surface area (Å²) < 4.78 is 0. The quantitative estimate of drug-likeness (QED) is 0.381. The fourth-order valence-corrected chi connectivity index (χ4v) is 5.04. The maximum absolute atomic E-state index is 4.65. The number of nitrogens with zero attached hydrogens (tertiary/aromatic N) is 4. The molecule has 1 aromatic heterocycles. The molecule has 7 heteroatoms. The second-order valence-electron chi connectivity index (χ2n) is 9.02. The molecule has 2 aromatic carbocycles. The van der Waals surface area contributed by atoms with Crippen LogP contribution in [-0.4, -0.2) is 53.7 Å². The molecule has 1 aliphatic carbocycles. The van der Waals surface area contributed by atoms with Crippen LogP contribution in [0.2, 0.25) is 0 Å². The van der Waals surface area contributed by atoms with Crippen LogP contribution in [0.4, 0.5) is 17.8 Å². The van der Waals surface area contributed by atoms with Gasteiger partial charge in [0.25, 0.3) is 0 Å². The van der Waals surface area contributed by atoms with Crippen molar-refractivity contribution in [3.63, 3.8) is 0 Å². The van der Waals surface area contributed by atoms with Gasteiger partial charge in [0.1, 0.15) is 0 Å². The minimum atomic E-state index is 0.404. The van der Waals surface area contributed by atoms with Crippen molar-refractivity contribution >= 4 is 17.8 Å². The van der Waals surface area contributed by atoms with E-state index >= 15 is 0 Å². The number of hydrogen-bond donors (Lipinski definition) is 3. The van der Waals surface area contributed by atoms with E-state index in [2.05, 4.69) is 97.5 Å². The molecule has 0 radical (unpaired) electrons. The highest BCUT2D eigenvalue weighted by molar-refractivity contribution is 5.78. The molecule has 7 nitrogen and oxygen atoms in total. The van der Waals surface area contributed by atoms with Crippen LogP contribution in [0, 0.1) is 0 Å². The van der Waals surface area contributed by atoms with Gasteiger partial charge in [-0.05, 0) is 35.1 Å². The SMILES string of the molecule is C=CCNc1nc(NCC=C)nc(N2CCC(NCC3c4ccccc4-c4ccccc43)CC2)n1. The zero-order valence-corrected chi connectivity index (χ0v) is 20.1. The lowest BCUT2D eigenvalue weighted by Gasteiger charge is -2.33. The molecule has 180 valence electrons. The van der Waals surface area contributed by atoms with Crippen LogP contribution in [0.15, 0.2) is 73.8 Å². The van der Waals surface area contributed by atoms with Gasteiger partial charge in [0.05, 0.1) is 0 Å². The van der Waals surface area contributed by atoms with Crippen molar-refractivity contribution in [3.8, 4) is 11.1 Å². The molecule has 1 saturated heterocycles. The van der Waals surface area contributed by atoms with Gasteiger partial charge in [-0.1, -0.05) is 60.7 Å². The molecule has 35 heavy (non-hydrogen) atoms. The Kier molecular flexibility index (Phi) is 7.04. The maximum Gasteiger partial charge on any atom is 0.231 e. The number of aromatic nitrogens is 3. The summed E-state index contributed by atoms with van der Waals surface area (Å²) in [7, 11) is 0. The number of hydrogen-bond acceptors (Lipinski definition) is 7. The maximum atomic E-state index is 4.65. The Morgan fingerprint density at radius 2 is 1.34 bits per heavy atom. The molecule has 2 heterocycles. The van der Waals surface area contributed by atoms with Crippen LogP contribution in [0.3, 0.4) is 0 Å². The molecule has 1 fully saturated rings. The first-order valence-corrected chi connectivity index (χ1v) is 12.4. The van der Waals surface area contributed by atoms with Gasteiger partial charge in [-0.2, -0.15) is 15.0 Å². The van der Waals surface area contributed by atoms with Gasteiger partial charge >= 0.3 is 0 Å². The van der Waals surface area contributed by atoms with E-state index in [-0.39, 0.29) is 0 Å². The lowest BCUT2D eigenvalue weighted by molar-refractivity contribution is 0.408. The lowest BCUT2D eigenvalue weighted by atomic mass is 9.96. The summed E-state index contributed by atoms with van der Waals surface area (Å²) in [6.45, 7) is 11.5. The number of benzene rings is 2. The summed E-state index contributed by atoms with van der Waals surface area (Å²) in [6.07, 6.45) is 5.68. The lowest BCUT2D eigenvalue weighted by Crippen LogP contribution is -2.44. The van der Waals surface area contributed by atoms with E-state index in [9.17, 15) is 0 Å². The standard InChI is InChI=1S/C28H33N7/c1-3-15-29-26-32-27(30-16-4-2)34-28(33-26)35-17-13-20(14-18-35)31-19-25-23-11-7-5-9-21(23)22-10-6-8-12-24(22)25/h3-12,20,25,31H,1-2,13-19H2,(H2,29,30,32,33,34). The second kappa shape index (κ2) is 10.7. The van der Waals surface area contributed by atoms with Crippen molar-refractivity contribution in [2.75, 3.05) is 48.3 Å². The predicted octanol–water partition coefficient (Wildman–Crippen LogP) is 4.44. The van der Waals surface area contributed by atoms with E-state index in [1.165, 1.54) is 22.3 Å². The number of piperidine rings is 1. The molecule has 3 aromatic rings. The van der Waals surface area contributed by atoms with Crippen LogP contribution in [0.25, 0.3) is 11.1 Å². The van der Waals surface area contributed by atoms with E-state index < -0.39 is 0 Å². The van der Waals surface area contributed by atoms with Gasteiger partial charge < -0.3 is 20.9 Å². The first-order valence-electron chi connectivity index (χ1n) is 12.4. The molecule has 1 aliphatic heterocycles. The molecule has 0 unspecified atom stereocenters. The molecular weight excluding hydrogens is 434 g/mol. The fourth-order valence-electron chi connectivity index (χ4n) is 5.04. The van der Waals surface area contributed by atoms with Crippen molar-refractivity contribution in [2.45, 2.75) is 24.8 Å². The first-order chi connectivity index (χ1) is 17.3.